The molecule has 5 N–H and O–H groups in total. The van der Waals surface area contributed by atoms with Gasteiger partial charge in [-0.1, -0.05) is 23.7 Å². The Hall–Kier alpha value is -2.60. The SMILES string of the molecule is C/C(N)=C/C(N)=Nc1nc(Nc2cc(C)ccc2C)ncc1Cl. The molecule has 0 bridgehead atoms. The molecule has 23 heavy (non-hydrogen) atoms. The third kappa shape index (κ3) is 4.69. The van der Waals surface area contributed by atoms with Gasteiger partial charge in [0.2, 0.25) is 5.95 Å². The third-order valence-electron chi connectivity index (χ3n) is 2.98. The lowest BCUT2D eigenvalue weighted by Gasteiger charge is -2.09. The third-order valence-corrected chi connectivity index (χ3v) is 3.24. The molecular formula is C16H19ClN6. The maximum atomic E-state index is 6.07. The fraction of sp³-hybridized carbons (Fsp3) is 0.188. The number of anilines is 2. The first kappa shape index (κ1) is 16.8. The molecule has 1 aromatic heterocycles. The van der Waals surface area contributed by atoms with Crippen LogP contribution in [0.3, 0.4) is 0 Å². The number of nitrogens with zero attached hydrogens (tertiary/aromatic N) is 3. The van der Waals surface area contributed by atoms with Gasteiger partial charge in [0.1, 0.15) is 10.9 Å². The fourth-order valence-corrected chi connectivity index (χ4v) is 2.01. The highest BCUT2D eigenvalue weighted by molar-refractivity contribution is 6.32. The second kappa shape index (κ2) is 7.11. The standard InChI is InChI=1S/C16H19ClN6/c1-9-4-5-10(2)13(6-9)21-16-20-8-12(17)15(23-16)22-14(19)7-11(3)18/h4-8H,18H2,1-3H3,(H3,19,20,21,22,23)/b11-7-. The van der Waals surface area contributed by atoms with Crippen molar-refractivity contribution in [3.8, 4) is 0 Å². The molecule has 2 rings (SSSR count). The highest BCUT2D eigenvalue weighted by Crippen LogP contribution is 2.25. The first-order valence-corrected chi connectivity index (χ1v) is 7.37. The molecule has 120 valence electrons. The number of hydrogen-bond donors (Lipinski definition) is 3. The van der Waals surface area contributed by atoms with Gasteiger partial charge < -0.3 is 16.8 Å². The molecule has 0 radical (unpaired) electrons. The molecular weight excluding hydrogens is 312 g/mol. The van der Waals surface area contributed by atoms with Gasteiger partial charge in [-0.3, -0.25) is 0 Å². The highest BCUT2D eigenvalue weighted by Gasteiger charge is 2.07. The van der Waals surface area contributed by atoms with Crippen molar-refractivity contribution in [3.63, 3.8) is 0 Å². The van der Waals surface area contributed by atoms with Gasteiger partial charge in [-0.25, -0.2) is 9.98 Å². The van der Waals surface area contributed by atoms with Crippen molar-refractivity contribution in [2.75, 3.05) is 5.32 Å². The zero-order valence-corrected chi connectivity index (χ0v) is 14.0. The van der Waals surface area contributed by atoms with E-state index in [9.17, 15) is 0 Å². The molecule has 7 heteroatoms. The van der Waals surface area contributed by atoms with Crippen LogP contribution in [0, 0.1) is 13.8 Å². The Labute approximate surface area is 140 Å². The average molecular weight is 331 g/mol. The molecule has 0 saturated heterocycles. The molecule has 0 atom stereocenters. The summed E-state index contributed by atoms with van der Waals surface area (Å²) in [6, 6.07) is 6.09. The van der Waals surface area contributed by atoms with Gasteiger partial charge in [-0.15, -0.1) is 0 Å². The quantitative estimate of drug-likeness (QED) is 0.589. The van der Waals surface area contributed by atoms with Crippen molar-refractivity contribution in [1.82, 2.24) is 9.97 Å². The molecule has 0 amide bonds. The van der Waals surface area contributed by atoms with Crippen LogP contribution in [0.5, 0.6) is 0 Å². The van der Waals surface area contributed by atoms with Crippen LogP contribution in [0.4, 0.5) is 17.5 Å². The molecule has 1 aromatic carbocycles. The summed E-state index contributed by atoms with van der Waals surface area (Å²) in [5.41, 5.74) is 15.0. The number of aliphatic imine (C=N–C) groups is 1. The van der Waals surface area contributed by atoms with Crippen LogP contribution in [0.25, 0.3) is 0 Å². The van der Waals surface area contributed by atoms with Crippen LogP contribution in [-0.4, -0.2) is 15.8 Å². The van der Waals surface area contributed by atoms with Gasteiger partial charge in [0, 0.05) is 11.4 Å². The summed E-state index contributed by atoms with van der Waals surface area (Å²) in [6.07, 6.45) is 3.02. The number of amidine groups is 1. The largest absolute Gasteiger partial charge is 0.402 e. The first-order chi connectivity index (χ1) is 10.8. The van der Waals surface area contributed by atoms with E-state index in [4.69, 9.17) is 23.1 Å². The molecule has 0 aliphatic heterocycles. The normalized spacial score (nSPS) is 12.3. The highest BCUT2D eigenvalue weighted by atomic mass is 35.5. The van der Waals surface area contributed by atoms with E-state index in [0.29, 0.717) is 16.7 Å². The first-order valence-electron chi connectivity index (χ1n) is 7.00. The summed E-state index contributed by atoms with van der Waals surface area (Å²) in [4.78, 5) is 12.6. The number of halogens is 1. The minimum atomic E-state index is 0.225. The predicted molar refractivity (Wildman–Crippen MR) is 95.5 cm³/mol. The number of aromatic nitrogens is 2. The molecule has 1 heterocycles. The molecule has 0 aliphatic rings. The number of aryl methyl sites for hydroxylation is 2. The van der Waals surface area contributed by atoms with Crippen molar-refractivity contribution in [2.24, 2.45) is 16.5 Å². The Morgan fingerprint density at radius 1 is 1.30 bits per heavy atom. The van der Waals surface area contributed by atoms with E-state index < -0.39 is 0 Å². The predicted octanol–water partition coefficient (Wildman–Crippen LogP) is 3.34. The van der Waals surface area contributed by atoms with E-state index in [1.54, 1.807) is 6.92 Å². The minimum Gasteiger partial charge on any atom is -0.402 e. The second-order valence-corrected chi connectivity index (χ2v) is 5.64. The number of benzene rings is 1. The maximum absolute atomic E-state index is 6.07. The Bertz CT molecular complexity index is 778. The summed E-state index contributed by atoms with van der Waals surface area (Å²) < 4.78 is 0. The van der Waals surface area contributed by atoms with E-state index >= 15 is 0 Å². The topological polar surface area (TPSA) is 102 Å². The Kier molecular flexibility index (Phi) is 5.18. The number of allylic oxidation sites excluding steroid dienone is 1. The molecule has 2 aromatic rings. The van der Waals surface area contributed by atoms with Crippen molar-refractivity contribution in [3.05, 3.63) is 52.3 Å². The molecule has 0 saturated carbocycles. The summed E-state index contributed by atoms with van der Waals surface area (Å²) in [6.45, 7) is 5.74. The van der Waals surface area contributed by atoms with Crippen molar-refractivity contribution in [2.45, 2.75) is 20.8 Å². The minimum absolute atomic E-state index is 0.225. The summed E-state index contributed by atoms with van der Waals surface area (Å²) in [5.74, 6) is 0.899. The second-order valence-electron chi connectivity index (χ2n) is 5.23. The Morgan fingerprint density at radius 3 is 2.74 bits per heavy atom. The van der Waals surface area contributed by atoms with Gasteiger partial charge in [-0.2, -0.15) is 4.98 Å². The van der Waals surface area contributed by atoms with Crippen molar-refractivity contribution >= 4 is 34.9 Å². The van der Waals surface area contributed by atoms with Gasteiger partial charge in [0.05, 0.1) is 6.20 Å². The Morgan fingerprint density at radius 2 is 2.04 bits per heavy atom. The zero-order valence-electron chi connectivity index (χ0n) is 13.3. The van der Waals surface area contributed by atoms with Gasteiger partial charge >= 0.3 is 0 Å². The van der Waals surface area contributed by atoms with Gasteiger partial charge in [0.25, 0.3) is 0 Å². The molecule has 0 spiro atoms. The van der Waals surface area contributed by atoms with Gasteiger partial charge in [-0.05, 0) is 44.0 Å². The lowest BCUT2D eigenvalue weighted by Crippen LogP contribution is -2.10. The molecule has 0 fully saturated rings. The zero-order chi connectivity index (χ0) is 17.0. The fourth-order valence-electron chi connectivity index (χ4n) is 1.88. The number of rotatable bonds is 4. The van der Waals surface area contributed by atoms with E-state index in [-0.39, 0.29) is 11.7 Å². The van der Waals surface area contributed by atoms with Crippen molar-refractivity contribution in [1.29, 1.82) is 0 Å². The van der Waals surface area contributed by atoms with E-state index in [1.807, 2.05) is 32.0 Å². The number of nitrogens with two attached hydrogens (primary N) is 2. The summed E-state index contributed by atoms with van der Waals surface area (Å²) >= 11 is 6.07. The van der Waals surface area contributed by atoms with E-state index in [2.05, 4.69) is 20.3 Å². The molecule has 6 nitrogen and oxygen atoms in total. The van der Waals surface area contributed by atoms with Crippen LogP contribution >= 0.6 is 11.6 Å². The van der Waals surface area contributed by atoms with E-state index in [1.165, 1.54) is 12.3 Å². The van der Waals surface area contributed by atoms with Crippen LogP contribution in [0.1, 0.15) is 18.1 Å². The van der Waals surface area contributed by atoms with Gasteiger partial charge in [0.15, 0.2) is 5.82 Å². The van der Waals surface area contributed by atoms with Crippen LogP contribution in [0.15, 0.2) is 41.2 Å². The summed E-state index contributed by atoms with van der Waals surface area (Å²) in [5, 5.41) is 3.47. The number of hydrogen-bond acceptors (Lipinski definition) is 5. The lowest BCUT2D eigenvalue weighted by molar-refractivity contribution is 1.14. The number of nitrogens with one attached hydrogen (secondary N) is 1. The van der Waals surface area contributed by atoms with E-state index in [0.717, 1.165) is 16.8 Å². The summed E-state index contributed by atoms with van der Waals surface area (Å²) in [7, 11) is 0. The van der Waals surface area contributed by atoms with Crippen molar-refractivity contribution < 1.29 is 0 Å². The average Bonchev–Trinajstić information content (AvgIpc) is 2.45. The molecule has 0 unspecified atom stereocenters. The lowest BCUT2D eigenvalue weighted by atomic mass is 10.1. The van der Waals surface area contributed by atoms with Crippen LogP contribution < -0.4 is 16.8 Å². The van der Waals surface area contributed by atoms with Crippen LogP contribution in [0.2, 0.25) is 5.02 Å². The molecule has 0 aliphatic carbocycles. The smallest absolute Gasteiger partial charge is 0.229 e. The monoisotopic (exact) mass is 330 g/mol. The Balaban J connectivity index is 2.33. The maximum Gasteiger partial charge on any atom is 0.229 e. The van der Waals surface area contributed by atoms with Crippen LogP contribution in [-0.2, 0) is 0 Å².